The predicted octanol–water partition coefficient (Wildman–Crippen LogP) is 5.18. The lowest BCUT2D eigenvalue weighted by atomic mass is 10.1. The molecule has 0 spiro atoms. The maximum Gasteiger partial charge on any atom is 0.435 e. The molecule has 8 nitrogen and oxygen atoms in total. The molecule has 1 saturated heterocycles. The number of benzene rings is 1. The van der Waals surface area contributed by atoms with Gasteiger partial charge in [0.2, 0.25) is 0 Å². The smallest absolute Gasteiger partial charge is 0.435 e. The van der Waals surface area contributed by atoms with Crippen LogP contribution in [-0.4, -0.2) is 50.2 Å². The highest BCUT2D eigenvalue weighted by Crippen LogP contribution is 2.37. The number of aromatic nitrogens is 5. The van der Waals surface area contributed by atoms with Crippen LogP contribution in [0.5, 0.6) is 5.75 Å². The van der Waals surface area contributed by atoms with Crippen molar-refractivity contribution in [2.75, 3.05) is 19.8 Å². The first-order valence-corrected chi connectivity index (χ1v) is 12.0. The lowest BCUT2D eigenvalue weighted by Gasteiger charge is -2.27. The van der Waals surface area contributed by atoms with Gasteiger partial charge in [-0.15, -0.1) is 0 Å². The lowest BCUT2D eigenvalue weighted by molar-refractivity contribution is -0.142. The molecule has 6 rings (SSSR count). The fourth-order valence-corrected chi connectivity index (χ4v) is 4.74. The van der Waals surface area contributed by atoms with Gasteiger partial charge in [0, 0.05) is 11.6 Å². The van der Waals surface area contributed by atoms with E-state index in [1.165, 1.54) is 12.4 Å². The van der Waals surface area contributed by atoms with Crippen molar-refractivity contribution >= 4 is 27.0 Å². The van der Waals surface area contributed by atoms with Crippen molar-refractivity contribution in [2.24, 2.45) is 0 Å². The molecular weight excluding hydrogens is 569 g/mol. The van der Waals surface area contributed by atoms with Crippen molar-refractivity contribution in [2.45, 2.75) is 31.7 Å². The fraction of sp³-hybridized carbons (Fsp3) is 0.348. The Kier molecular flexibility index (Phi) is 5.92. The molecule has 2 aliphatic heterocycles. The Morgan fingerprint density at radius 3 is 2.65 bits per heavy atom. The second-order valence-corrected chi connectivity index (χ2v) is 9.39. The van der Waals surface area contributed by atoms with Gasteiger partial charge < -0.3 is 14.2 Å². The molecule has 3 aromatic heterocycles. The number of ether oxygens (including phenoxy) is 3. The van der Waals surface area contributed by atoms with Crippen LogP contribution >= 0.6 is 15.9 Å². The van der Waals surface area contributed by atoms with E-state index in [2.05, 4.69) is 31.0 Å². The van der Waals surface area contributed by atoms with E-state index in [0.717, 1.165) is 10.7 Å². The zero-order valence-corrected chi connectivity index (χ0v) is 20.4. The molecular formula is C23H17BrF5N5O3. The van der Waals surface area contributed by atoms with Crippen molar-refractivity contribution in [1.82, 2.24) is 24.3 Å². The van der Waals surface area contributed by atoms with E-state index in [4.69, 9.17) is 14.2 Å². The number of halogens is 6. The molecule has 37 heavy (non-hydrogen) atoms. The summed E-state index contributed by atoms with van der Waals surface area (Å²) >= 11 is 3.47. The number of pyridine rings is 1. The van der Waals surface area contributed by atoms with Gasteiger partial charge in [-0.1, -0.05) is 0 Å². The molecule has 0 saturated carbocycles. The van der Waals surface area contributed by atoms with E-state index in [0.29, 0.717) is 34.5 Å². The maximum absolute atomic E-state index is 14.0. The summed E-state index contributed by atoms with van der Waals surface area (Å²) in [4.78, 5) is 8.71. The van der Waals surface area contributed by atoms with Crippen LogP contribution < -0.4 is 4.74 Å². The summed E-state index contributed by atoms with van der Waals surface area (Å²) in [5.74, 6) is 0.329. The van der Waals surface area contributed by atoms with Crippen molar-refractivity contribution in [3.8, 4) is 17.4 Å². The van der Waals surface area contributed by atoms with Gasteiger partial charge in [-0.25, -0.2) is 23.4 Å². The Balaban J connectivity index is 1.48. The minimum absolute atomic E-state index is 0.0363. The Morgan fingerprint density at radius 1 is 1.14 bits per heavy atom. The number of rotatable bonds is 5. The summed E-state index contributed by atoms with van der Waals surface area (Å²) in [6.45, 7) is 0.843. The molecule has 0 N–H and O–H groups in total. The summed E-state index contributed by atoms with van der Waals surface area (Å²) in [5.41, 5.74) is -0.590. The van der Waals surface area contributed by atoms with Crippen LogP contribution in [0.25, 0.3) is 22.7 Å². The number of fused-ring (bicyclic) bond motifs is 2. The SMILES string of the molecule is FC(F)c1ccc(-n2cnc3cc(OC4COC4)c(Br)cc32)nc1-n1nc(C(F)(F)F)c2c1COCC2. The fourth-order valence-electron chi connectivity index (χ4n) is 4.31. The van der Waals surface area contributed by atoms with Gasteiger partial charge in [0.1, 0.15) is 24.0 Å². The monoisotopic (exact) mass is 585 g/mol. The van der Waals surface area contributed by atoms with E-state index in [-0.39, 0.29) is 42.8 Å². The van der Waals surface area contributed by atoms with Gasteiger partial charge in [0.25, 0.3) is 6.43 Å². The molecule has 0 radical (unpaired) electrons. The third-order valence-corrected chi connectivity index (χ3v) is 6.79. The first kappa shape index (κ1) is 24.2. The minimum Gasteiger partial charge on any atom is -0.484 e. The molecule has 0 amide bonds. The van der Waals surface area contributed by atoms with Crippen LogP contribution in [0.4, 0.5) is 22.0 Å². The van der Waals surface area contributed by atoms with Gasteiger partial charge in [0.15, 0.2) is 11.5 Å². The van der Waals surface area contributed by atoms with Crippen molar-refractivity contribution in [3.63, 3.8) is 0 Å². The zero-order valence-electron chi connectivity index (χ0n) is 18.8. The normalized spacial score (nSPS) is 16.3. The van der Waals surface area contributed by atoms with E-state index in [1.54, 1.807) is 16.7 Å². The quantitative estimate of drug-likeness (QED) is 0.301. The highest BCUT2D eigenvalue weighted by atomic mass is 79.9. The largest absolute Gasteiger partial charge is 0.484 e. The number of nitrogens with zero attached hydrogens (tertiary/aromatic N) is 5. The van der Waals surface area contributed by atoms with Gasteiger partial charge >= 0.3 is 6.18 Å². The Bertz CT molecular complexity index is 1500. The van der Waals surface area contributed by atoms with Gasteiger partial charge in [-0.05, 0) is 40.5 Å². The topological polar surface area (TPSA) is 76.2 Å². The molecule has 0 unspecified atom stereocenters. The third-order valence-electron chi connectivity index (χ3n) is 6.17. The average Bonchev–Trinajstić information content (AvgIpc) is 3.42. The van der Waals surface area contributed by atoms with Gasteiger partial charge in [0.05, 0.1) is 53.2 Å². The molecule has 1 aromatic carbocycles. The molecule has 2 aliphatic rings. The first-order valence-electron chi connectivity index (χ1n) is 11.2. The van der Waals surface area contributed by atoms with Crippen molar-refractivity contribution in [1.29, 1.82) is 0 Å². The van der Waals surface area contributed by atoms with Gasteiger partial charge in [-0.2, -0.15) is 18.3 Å². The highest BCUT2D eigenvalue weighted by molar-refractivity contribution is 9.10. The van der Waals surface area contributed by atoms with Crippen LogP contribution in [-0.2, 0) is 28.7 Å². The number of hydrogen-bond donors (Lipinski definition) is 0. The third kappa shape index (κ3) is 4.26. The molecule has 5 heterocycles. The zero-order chi connectivity index (χ0) is 25.9. The molecule has 0 aliphatic carbocycles. The Morgan fingerprint density at radius 2 is 1.95 bits per heavy atom. The lowest BCUT2D eigenvalue weighted by Crippen LogP contribution is -2.38. The molecule has 194 valence electrons. The minimum atomic E-state index is -4.76. The summed E-state index contributed by atoms with van der Waals surface area (Å²) in [5, 5.41) is 3.68. The van der Waals surface area contributed by atoms with Crippen molar-refractivity contribution < 1.29 is 36.2 Å². The molecule has 4 aromatic rings. The van der Waals surface area contributed by atoms with Crippen LogP contribution in [0.2, 0.25) is 0 Å². The second kappa shape index (κ2) is 9.03. The average molecular weight is 586 g/mol. The summed E-state index contributed by atoms with van der Waals surface area (Å²) in [6.07, 6.45) is -6.41. The van der Waals surface area contributed by atoms with Crippen LogP contribution in [0.15, 0.2) is 35.1 Å². The van der Waals surface area contributed by atoms with E-state index >= 15 is 0 Å². The summed E-state index contributed by atoms with van der Waals surface area (Å²) in [6, 6.07) is 5.94. The summed E-state index contributed by atoms with van der Waals surface area (Å²) < 4.78 is 88.3. The first-order chi connectivity index (χ1) is 17.7. The van der Waals surface area contributed by atoms with E-state index in [1.807, 2.05) is 0 Å². The summed E-state index contributed by atoms with van der Waals surface area (Å²) in [7, 11) is 0. The number of imidazole rings is 1. The predicted molar refractivity (Wildman–Crippen MR) is 122 cm³/mol. The second-order valence-electron chi connectivity index (χ2n) is 8.53. The number of hydrogen-bond acceptors (Lipinski definition) is 6. The van der Waals surface area contributed by atoms with E-state index in [9.17, 15) is 22.0 Å². The van der Waals surface area contributed by atoms with Crippen LogP contribution in [0.1, 0.15) is 28.9 Å². The van der Waals surface area contributed by atoms with Crippen molar-refractivity contribution in [3.05, 3.63) is 57.6 Å². The van der Waals surface area contributed by atoms with Crippen LogP contribution in [0, 0.1) is 0 Å². The Hall–Kier alpha value is -3.10. The Labute approximate surface area is 214 Å². The number of alkyl halides is 5. The highest BCUT2D eigenvalue weighted by Gasteiger charge is 2.40. The molecule has 0 atom stereocenters. The van der Waals surface area contributed by atoms with E-state index < -0.39 is 29.7 Å². The molecule has 1 fully saturated rings. The molecule has 14 heteroatoms. The maximum atomic E-state index is 14.0. The van der Waals surface area contributed by atoms with Crippen LogP contribution in [0.3, 0.4) is 0 Å². The van der Waals surface area contributed by atoms with Gasteiger partial charge in [-0.3, -0.25) is 4.57 Å². The molecule has 0 bridgehead atoms. The standard InChI is InChI=1S/C23H17BrF5N5O3/c24-14-5-16-15(6-18(14)37-11-7-36-8-11)30-10-33(16)19-2-1-13(21(25)26)22(31-19)34-17-9-35-4-3-12(17)20(32-34)23(27,28)29/h1-2,5-6,10-11,21H,3-4,7-9H2.